The van der Waals surface area contributed by atoms with E-state index in [-0.39, 0.29) is 0 Å². The number of hydrogen-bond acceptors (Lipinski definition) is 4. The topological polar surface area (TPSA) is 80.8 Å². The first kappa shape index (κ1) is 19.5. The van der Waals surface area contributed by atoms with Crippen molar-refractivity contribution in [2.45, 2.75) is 31.2 Å². The molecule has 0 saturated carbocycles. The minimum Gasteiger partial charge on any atom is -0.475 e. The summed E-state index contributed by atoms with van der Waals surface area (Å²) < 4.78 is 63.5. The number of aliphatic carboxylic acids is 2. The maximum absolute atomic E-state index is 10.6. The van der Waals surface area contributed by atoms with Gasteiger partial charge in [0.2, 0.25) is 0 Å². The number of alkyl halides is 6. The summed E-state index contributed by atoms with van der Waals surface area (Å²) in [6, 6.07) is 0.993. The summed E-state index contributed by atoms with van der Waals surface area (Å²) in [5, 5.41) is 19.3. The first-order valence-corrected chi connectivity index (χ1v) is 6.45. The zero-order chi connectivity index (χ0) is 18.0. The number of fused-ring (bicyclic) bond motifs is 5. The average molecular weight is 352 g/mol. The molecule has 6 nitrogen and oxygen atoms in total. The second-order valence-electron chi connectivity index (χ2n) is 5.11. The van der Waals surface area contributed by atoms with Gasteiger partial charge >= 0.3 is 24.3 Å². The first-order chi connectivity index (χ1) is 10.3. The molecule has 3 rings (SSSR count). The highest BCUT2D eigenvalue weighted by molar-refractivity contribution is 5.73. The molecule has 0 aliphatic carbocycles. The lowest BCUT2D eigenvalue weighted by atomic mass is 9.97. The fraction of sp³-hybridized carbons (Fsp3) is 0.818. The van der Waals surface area contributed by atoms with Gasteiger partial charge in [0, 0.05) is 25.7 Å². The maximum atomic E-state index is 10.6. The molecule has 0 radical (unpaired) electrons. The van der Waals surface area contributed by atoms with E-state index in [9.17, 15) is 26.3 Å². The number of piperidine rings is 1. The Morgan fingerprint density at radius 1 is 0.913 bits per heavy atom. The van der Waals surface area contributed by atoms with Gasteiger partial charge in [0.15, 0.2) is 0 Å². The normalized spacial score (nSPS) is 30.9. The van der Waals surface area contributed by atoms with E-state index in [0.29, 0.717) is 0 Å². The number of carbonyl (C=O) groups is 2. The Hall–Kier alpha value is -1.56. The molecule has 4 atom stereocenters. The van der Waals surface area contributed by atoms with E-state index in [4.69, 9.17) is 19.8 Å². The van der Waals surface area contributed by atoms with E-state index in [0.717, 1.165) is 12.0 Å². The number of carboxylic acid groups (broad SMARTS) is 2. The van der Waals surface area contributed by atoms with Crippen LogP contribution in [0.15, 0.2) is 0 Å². The number of carboxylic acids is 2. The molecule has 0 amide bonds. The van der Waals surface area contributed by atoms with Crippen molar-refractivity contribution >= 4 is 11.9 Å². The molecular weight excluding hydrogens is 338 g/mol. The Labute approximate surface area is 126 Å². The Balaban J connectivity index is 0.000000177. The third-order valence-corrected chi connectivity index (χ3v) is 3.45. The maximum Gasteiger partial charge on any atom is 0.490 e. The lowest BCUT2D eigenvalue weighted by Crippen LogP contribution is -2.32. The minimum absolute atomic E-state index is 0.993. The second kappa shape index (κ2) is 6.91. The minimum atomic E-state index is -5.08. The summed E-state index contributed by atoms with van der Waals surface area (Å²) in [4.78, 5) is 17.8. The Kier molecular flexibility index (Phi) is 5.85. The summed E-state index contributed by atoms with van der Waals surface area (Å²) in [5.74, 6) is -4.46. The van der Waals surface area contributed by atoms with Crippen molar-refractivity contribution in [3.8, 4) is 0 Å². The number of halogens is 6. The third-order valence-electron chi connectivity index (χ3n) is 3.45. The Bertz CT molecular complexity index is 415. The van der Waals surface area contributed by atoms with Crippen molar-refractivity contribution in [1.82, 2.24) is 10.0 Å². The lowest BCUT2D eigenvalue weighted by molar-refractivity contribution is -0.193. The first-order valence-electron chi connectivity index (χ1n) is 6.45. The largest absolute Gasteiger partial charge is 0.490 e. The SMILES string of the molecule is C1CC2CN(C1)N1CC21.O=C(O)C(F)(F)F.O=C(O)C(F)(F)F. The summed E-state index contributed by atoms with van der Waals surface area (Å²) in [6.07, 6.45) is -7.23. The molecule has 2 bridgehead atoms. The van der Waals surface area contributed by atoms with Gasteiger partial charge in [-0.25, -0.2) is 19.6 Å². The van der Waals surface area contributed by atoms with Crippen molar-refractivity contribution in [3.05, 3.63) is 0 Å². The average Bonchev–Trinajstić information content (AvgIpc) is 3.14. The van der Waals surface area contributed by atoms with Crippen molar-refractivity contribution in [3.63, 3.8) is 0 Å². The van der Waals surface area contributed by atoms with Gasteiger partial charge in [0.05, 0.1) is 0 Å². The highest BCUT2D eigenvalue weighted by atomic mass is 19.4. The van der Waals surface area contributed by atoms with E-state index >= 15 is 0 Å². The van der Waals surface area contributed by atoms with Gasteiger partial charge in [-0.05, 0) is 18.8 Å². The molecule has 3 fully saturated rings. The standard InChI is InChI=1S/C7H12N2.2C2HF3O2/c1-2-6-4-8(3-1)9-5-7(6)9;2*3-2(4,5)1(6)7/h6-7H,1-5H2;2*(H,6,7). The molecular formula is C11H14F6N2O4. The van der Waals surface area contributed by atoms with Crippen LogP contribution in [-0.2, 0) is 9.59 Å². The van der Waals surface area contributed by atoms with Crippen LogP contribution in [0.25, 0.3) is 0 Å². The van der Waals surface area contributed by atoms with Gasteiger partial charge < -0.3 is 10.2 Å². The van der Waals surface area contributed by atoms with Crippen molar-refractivity contribution < 1.29 is 46.1 Å². The molecule has 134 valence electrons. The number of hydrogen-bond donors (Lipinski definition) is 2. The van der Waals surface area contributed by atoms with Crippen LogP contribution in [0.2, 0.25) is 0 Å². The van der Waals surface area contributed by atoms with Gasteiger partial charge in [-0.1, -0.05) is 0 Å². The van der Waals surface area contributed by atoms with Crippen LogP contribution in [0.3, 0.4) is 0 Å². The van der Waals surface area contributed by atoms with E-state index in [2.05, 4.69) is 10.0 Å². The van der Waals surface area contributed by atoms with Crippen LogP contribution in [0.5, 0.6) is 0 Å². The number of nitrogens with zero attached hydrogens (tertiary/aromatic N) is 2. The monoisotopic (exact) mass is 352 g/mol. The van der Waals surface area contributed by atoms with Crippen LogP contribution in [-0.4, -0.2) is 70.2 Å². The van der Waals surface area contributed by atoms with Crippen LogP contribution in [0.4, 0.5) is 26.3 Å². The zero-order valence-corrected chi connectivity index (χ0v) is 11.6. The highest BCUT2D eigenvalue weighted by Gasteiger charge is 2.52. The summed E-state index contributed by atoms with van der Waals surface area (Å²) in [7, 11) is 0. The van der Waals surface area contributed by atoms with Gasteiger partial charge in [0.25, 0.3) is 0 Å². The number of rotatable bonds is 0. The smallest absolute Gasteiger partial charge is 0.475 e. The quantitative estimate of drug-likeness (QED) is 0.509. The lowest BCUT2D eigenvalue weighted by Gasteiger charge is -2.24. The fourth-order valence-corrected chi connectivity index (χ4v) is 2.40. The van der Waals surface area contributed by atoms with Gasteiger partial charge in [-0.2, -0.15) is 26.3 Å². The Morgan fingerprint density at radius 3 is 1.65 bits per heavy atom. The highest BCUT2D eigenvalue weighted by Crippen LogP contribution is 2.41. The summed E-state index contributed by atoms with van der Waals surface area (Å²) >= 11 is 0. The molecule has 3 aliphatic rings. The molecule has 3 aliphatic heterocycles. The van der Waals surface area contributed by atoms with Crippen LogP contribution >= 0.6 is 0 Å². The van der Waals surface area contributed by atoms with Crippen LogP contribution in [0.1, 0.15) is 12.8 Å². The second-order valence-corrected chi connectivity index (χ2v) is 5.11. The van der Waals surface area contributed by atoms with E-state index < -0.39 is 24.3 Å². The molecule has 4 unspecified atom stereocenters. The predicted octanol–water partition coefficient (Wildman–Crippen LogP) is 1.58. The molecule has 3 heterocycles. The summed E-state index contributed by atoms with van der Waals surface area (Å²) in [6.45, 7) is 4.10. The van der Waals surface area contributed by atoms with Crippen molar-refractivity contribution in [2.75, 3.05) is 19.6 Å². The molecule has 23 heavy (non-hydrogen) atoms. The number of hydrazine groups is 1. The Morgan fingerprint density at radius 2 is 1.35 bits per heavy atom. The molecule has 12 heteroatoms. The van der Waals surface area contributed by atoms with E-state index in [1.165, 1.54) is 32.5 Å². The molecule has 0 aromatic rings. The molecule has 3 saturated heterocycles. The predicted molar refractivity (Wildman–Crippen MR) is 62.2 cm³/mol. The zero-order valence-electron chi connectivity index (χ0n) is 11.6. The molecule has 0 aromatic carbocycles. The van der Waals surface area contributed by atoms with E-state index in [1.54, 1.807) is 0 Å². The van der Waals surface area contributed by atoms with Gasteiger partial charge in [-0.3, -0.25) is 0 Å². The molecule has 0 spiro atoms. The van der Waals surface area contributed by atoms with Crippen molar-refractivity contribution in [1.29, 1.82) is 0 Å². The molecule has 2 N–H and O–H groups in total. The van der Waals surface area contributed by atoms with Crippen LogP contribution < -0.4 is 0 Å². The van der Waals surface area contributed by atoms with E-state index in [1.807, 2.05) is 0 Å². The fourth-order valence-electron chi connectivity index (χ4n) is 2.40. The summed E-state index contributed by atoms with van der Waals surface area (Å²) in [5.41, 5.74) is 0. The van der Waals surface area contributed by atoms with Crippen molar-refractivity contribution in [2.24, 2.45) is 5.92 Å². The van der Waals surface area contributed by atoms with Crippen LogP contribution in [0, 0.1) is 5.92 Å². The third kappa shape index (κ3) is 5.86. The molecule has 0 aromatic heterocycles. The van der Waals surface area contributed by atoms with Gasteiger partial charge in [0.1, 0.15) is 0 Å². The van der Waals surface area contributed by atoms with Gasteiger partial charge in [-0.15, -0.1) is 0 Å².